The van der Waals surface area contributed by atoms with E-state index in [2.05, 4.69) is 36.5 Å². The lowest BCUT2D eigenvalue weighted by atomic mass is 9.99. The van der Waals surface area contributed by atoms with Gasteiger partial charge in [-0.05, 0) is 24.6 Å². The van der Waals surface area contributed by atoms with Crippen molar-refractivity contribution in [2.75, 3.05) is 5.32 Å². The maximum atomic E-state index is 11.8. The Morgan fingerprint density at radius 3 is 2.30 bits per heavy atom. The molecule has 0 aromatic heterocycles. The lowest BCUT2D eigenvalue weighted by Gasteiger charge is -2.20. The van der Waals surface area contributed by atoms with E-state index in [-0.39, 0.29) is 11.8 Å². The number of para-hydroxylation sites is 1. The monoisotopic (exact) mass is 267 g/mol. The van der Waals surface area contributed by atoms with E-state index < -0.39 is 0 Å². The zero-order valence-corrected chi connectivity index (χ0v) is 12.1. The largest absolute Gasteiger partial charge is 0.378 e. The first kappa shape index (κ1) is 14.3. The minimum absolute atomic E-state index is 0.0328. The maximum Gasteiger partial charge on any atom is 0.135 e. The third-order valence-corrected chi connectivity index (χ3v) is 3.42. The second-order valence-electron chi connectivity index (χ2n) is 5.07. The molecule has 0 bridgehead atoms. The lowest BCUT2D eigenvalue weighted by molar-refractivity contribution is -0.119. The molecule has 0 aliphatic heterocycles. The summed E-state index contributed by atoms with van der Waals surface area (Å²) in [4.78, 5) is 11.8. The van der Waals surface area contributed by atoms with Crippen LogP contribution in [-0.2, 0) is 4.79 Å². The van der Waals surface area contributed by atoms with Gasteiger partial charge in [0.1, 0.15) is 5.78 Å². The number of hydrogen-bond donors (Lipinski definition) is 1. The molecule has 2 aromatic carbocycles. The van der Waals surface area contributed by atoms with Crippen LogP contribution < -0.4 is 5.32 Å². The zero-order chi connectivity index (χ0) is 14.4. The molecule has 2 aromatic rings. The highest BCUT2D eigenvalue weighted by Crippen LogP contribution is 2.23. The fraction of sp³-hybridized carbons (Fsp3) is 0.278. The normalized spacial score (nSPS) is 11.9. The Hall–Kier alpha value is -2.09. The molecular formula is C18H21NO. The number of ketones is 1. The van der Waals surface area contributed by atoms with Crippen LogP contribution in [0, 0.1) is 6.92 Å². The molecule has 0 aliphatic rings. The van der Waals surface area contributed by atoms with Gasteiger partial charge >= 0.3 is 0 Å². The molecule has 0 heterocycles. The summed E-state index contributed by atoms with van der Waals surface area (Å²) in [6, 6.07) is 18.4. The van der Waals surface area contributed by atoms with E-state index in [0.29, 0.717) is 12.8 Å². The summed E-state index contributed by atoms with van der Waals surface area (Å²) in [5.74, 6) is 0.277. The fourth-order valence-electron chi connectivity index (χ4n) is 2.16. The zero-order valence-electron chi connectivity index (χ0n) is 12.1. The van der Waals surface area contributed by atoms with E-state index in [1.807, 2.05) is 37.3 Å². The molecule has 1 N–H and O–H groups in total. The van der Waals surface area contributed by atoms with Crippen molar-refractivity contribution in [3.8, 4) is 0 Å². The predicted molar refractivity (Wildman–Crippen MR) is 83.9 cm³/mol. The van der Waals surface area contributed by atoms with E-state index in [9.17, 15) is 4.79 Å². The first-order valence-corrected chi connectivity index (χ1v) is 7.09. The molecule has 2 nitrogen and oxygen atoms in total. The van der Waals surface area contributed by atoms with Gasteiger partial charge in [-0.2, -0.15) is 0 Å². The topological polar surface area (TPSA) is 29.1 Å². The van der Waals surface area contributed by atoms with Gasteiger partial charge in [-0.3, -0.25) is 4.79 Å². The summed E-state index contributed by atoms with van der Waals surface area (Å²) in [6.07, 6.45) is 1.10. The average molecular weight is 267 g/mol. The van der Waals surface area contributed by atoms with Crippen molar-refractivity contribution in [1.82, 2.24) is 0 Å². The Morgan fingerprint density at radius 1 is 1.05 bits per heavy atom. The van der Waals surface area contributed by atoms with Gasteiger partial charge in [-0.25, -0.2) is 0 Å². The maximum absolute atomic E-state index is 11.8. The molecule has 0 spiro atoms. The Bertz CT molecular complexity index is 545. The van der Waals surface area contributed by atoms with Crippen molar-refractivity contribution in [1.29, 1.82) is 0 Å². The first-order valence-electron chi connectivity index (χ1n) is 7.09. The SMILES string of the molecule is CCC(=O)CC(Nc1ccccc1)c1ccc(C)cc1. The minimum atomic E-state index is 0.0328. The number of carbonyl (C=O) groups excluding carboxylic acids is 1. The number of rotatable bonds is 6. The third kappa shape index (κ3) is 3.95. The van der Waals surface area contributed by atoms with Crippen molar-refractivity contribution in [3.05, 3.63) is 65.7 Å². The molecule has 1 atom stereocenters. The Balaban J connectivity index is 2.20. The number of Topliss-reactive ketones (excluding diaryl/α,β-unsaturated/α-hetero) is 1. The highest BCUT2D eigenvalue weighted by molar-refractivity contribution is 5.79. The van der Waals surface area contributed by atoms with Gasteiger partial charge in [0.15, 0.2) is 0 Å². The van der Waals surface area contributed by atoms with Gasteiger partial charge < -0.3 is 5.32 Å². The van der Waals surface area contributed by atoms with Crippen LogP contribution in [0.4, 0.5) is 5.69 Å². The quantitative estimate of drug-likeness (QED) is 0.834. The van der Waals surface area contributed by atoms with Gasteiger partial charge in [0.25, 0.3) is 0 Å². The molecule has 0 fully saturated rings. The van der Waals surface area contributed by atoms with E-state index >= 15 is 0 Å². The second-order valence-corrected chi connectivity index (χ2v) is 5.07. The standard InChI is InChI=1S/C18H21NO/c1-3-17(20)13-18(15-11-9-14(2)10-12-15)19-16-7-5-4-6-8-16/h4-12,18-19H,3,13H2,1-2H3. The van der Waals surface area contributed by atoms with Crippen molar-refractivity contribution < 1.29 is 4.79 Å². The highest BCUT2D eigenvalue weighted by Gasteiger charge is 2.14. The first-order chi connectivity index (χ1) is 9.69. The Labute approximate surface area is 120 Å². The number of anilines is 1. The van der Waals surface area contributed by atoms with Gasteiger partial charge in [-0.15, -0.1) is 0 Å². The molecule has 2 rings (SSSR count). The van der Waals surface area contributed by atoms with Gasteiger partial charge in [0.05, 0.1) is 6.04 Å². The average Bonchev–Trinajstić information content (AvgIpc) is 2.48. The van der Waals surface area contributed by atoms with Gasteiger partial charge in [0.2, 0.25) is 0 Å². The number of nitrogens with one attached hydrogen (secondary N) is 1. The van der Waals surface area contributed by atoms with E-state index in [1.54, 1.807) is 0 Å². The molecule has 104 valence electrons. The molecule has 0 amide bonds. The van der Waals surface area contributed by atoms with Crippen molar-refractivity contribution in [2.45, 2.75) is 32.7 Å². The van der Waals surface area contributed by atoms with Gasteiger partial charge in [-0.1, -0.05) is 55.0 Å². The summed E-state index contributed by atoms with van der Waals surface area (Å²) in [7, 11) is 0. The summed E-state index contributed by atoms with van der Waals surface area (Å²) in [5.41, 5.74) is 3.43. The van der Waals surface area contributed by atoms with Crippen LogP contribution in [0.25, 0.3) is 0 Å². The van der Waals surface area contributed by atoms with Crippen LogP contribution in [0.3, 0.4) is 0 Å². The fourth-order valence-corrected chi connectivity index (χ4v) is 2.16. The number of aryl methyl sites for hydroxylation is 1. The van der Waals surface area contributed by atoms with Crippen molar-refractivity contribution in [2.24, 2.45) is 0 Å². The molecule has 0 saturated heterocycles. The van der Waals surface area contributed by atoms with E-state index in [0.717, 1.165) is 11.3 Å². The molecule has 0 aliphatic carbocycles. The number of carbonyl (C=O) groups is 1. The van der Waals surface area contributed by atoms with Gasteiger partial charge in [0, 0.05) is 18.5 Å². The lowest BCUT2D eigenvalue weighted by Crippen LogP contribution is -2.15. The van der Waals surface area contributed by atoms with E-state index in [4.69, 9.17) is 0 Å². The van der Waals surface area contributed by atoms with Crippen LogP contribution >= 0.6 is 0 Å². The number of hydrogen-bond acceptors (Lipinski definition) is 2. The van der Waals surface area contributed by atoms with Crippen molar-refractivity contribution in [3.63, 3.8) is 0 Å². The van der Waals surface area contributed by atoms with E-state index in [1.165, 1.54) is 5.56 Å². The Kier molecular flexibility index (Phi) is 4.94. The molecule has 0 radical (unpaired) electrons. The molecule has 1 unspecified atom stereocenters. The van der Waals surface area contributed by atoms with Crippen molar-refractivity contribution >= 4 is 11.5 Å². The Morgan fingerprint density at radius 2 is 1.70 bits per heavy atom. The molecule has 20 heavy (non-hydrogen) atoms. The van der Waals surface area contributed by atoms with Crippen LogP contribution in [0.2, 0.25) is 0 Å². The molecule has 0 saturated carbocycles. The predicted octanol–water partition coefficient (Wildman–Crippen LogP) is 4.52. The summed E-state index contributed by atoms with van der Waals surface area (Å²) in [6.45, 7) is 3.98. The number of benzene rings is 2. The third-order valence-electron chi connectivity index (χ3n) is 3.42. The summed E-state index contributed by atoms with van der Waals surface area (Å²) < 4.78 is 0. The van der Waals surface area contributed by atoms with Crippen LogP contribution in [0.1, 0.15) is 36.9 Å². The smallest absolute Gasteiger partial charge is 0.135 e. The van der Waals surface area contributed by atoms with Crippen LogP contribution in [0.15, 0.2) is 54.6 Å². The molecular weight excluding hydrogens is 246 g/mol. The second kappa shape index (κ2) is 6.90. The van der Waals surface area contributed by atoms with Crippen LogP contribution in [0.5, 0.6) is 0 Å². The summed E-state index contributed by atoms with van der Waals surface area (Å²) >= 11 is 0. The minimum Gasteiger partial charge on any atom is -0.378 e. The highest BCUT2D eigenvalue weighted by atomic mass is 16.1. The molecule has 2 heteroatoms. The van der Waals surface area contributed by atoms with Crippen LogP contribution in [-0.4, -0.2) is 5.78 Å². The summed E-state index contributed by atoms with van der Waals surface area (Å²) in [5, 5.41) is 3.46.